The van der Waals surface area contributed by atoms with Gasteiger partial charge in [0.05, 0.1) is 12.2 Å². The summed E-state index contributed by atoms with van der Waals surface area (Å²) in [4.78, 5) is 23.9. The van der Waals surface area contributed by atoms with E-state index in [0.29, 0.717) is 18.1 Å². The largest absolute Gasteiger partial charge is 0.452 e. The molecule has 1 aliphatic rings. The first-order chi connectivity index (χ1) is 11.1. The summed E-state index contributed by atoms with van der Waals surface area (Å²) in [6.45, 7) is 2.41. The van der Waals surface area contributed by atoms with Crippen LogP contribution >= 0.6 is 0 Å². The molecule has 5 heteroatoms. The number of carbonyl (C=O) groups excluding carboxylic acids is 2. The molecule has 23 heavy (non-hydrogen) atoms. The van der Waals surface area contributed by atoms with Gasteiger partial charge in [0.15, 0.2) is 6.61 Å². The van der Waals surface area contributed by atoms with Crippen LogP contribution in [0.15, 0.2) is 24.3 Å². The molecule has 0 spiro atoms. The predicted molar refractivity (Wildman–Crippen MR) is 87.0 cm³/mol. The Morgan fingerprint density at radius 2 is 1.87 bits per heavy atom. The van der Waals surface area contributed by atoms with Gasteiger partial charge in [0.1, 0.15) is 0 Å². The predicted octanol–water partition coefficient (Wildman–Crippen LogP) is 2.68. The summed E-state index contributed by atoms with van der Waals surface area (Å²) >= 11 is 0. The Morgan fingerprint density at radius 3 is 2.52 bits per heavy atom. The average Bonchev–Trinajstić information content (AvgIpc) is 2.56. The molecule has 1 saturated carbocycles. The molecule has 0 aliphatic heterocycles. The van der Waals surface area contributed by atoms with Gasteiger partial charge in [-0.3, -0.25) is 4.79 Å². The molecule has 1 amide bonds. The normalized spacial score (nSPS) is 20.8. The molecule has 1 aromatic rings. The highest BCUT2D eigenvalue weighted by Gasteiger charge is 2.23. The summed E-state index contributed by atoms with van der Waals surface area (Å²) in [6, 6.07) is 7.17. The van der Waals surface area contributed by atoms with E-state index in [9.17, 15) is 9.59 Å². The summed E-state index contributed by atoms with van der Waals surface area (Å²) in [5.74, 6) is -0.231. The maximum atomic E-state index is 11.9. The van der Waals surface area contributed by atoms with Crippen molar-refractivity contribution in [3.63, 3.8) is 0 Å². The molecule has 0 saturated heterocycles. The maximum Gasteiger partial charge on any atom is 0.338 e. The molecule has 0 bridgehead atoms. The van der Waals surface area contributed by atoms with Crippen LogP contribution in [0, 0.1) is 5.92 Å². The minimum Gasteiger partial charge on any atom is -0.452 e. The molecule has 5 nitrogen and oxygen atoms in total. The fourth-order valence-corrected chi connectivity index (χ4v) is 2.90. The van der Waals surface area contributed by atoms with E-state index in [-0.39, 0.29) is 18.6 Å². The van der Waals surface area contributed by atoms with E-state index in [1.54, 1.807) is 19.2 Å². The summed E-state index contributed by atoms with van der Waals surface area (Å²) < 4.78 is 10.1. The molecule has 0 aromatic heterocycles. The lowest BCUT2D eigenvalue weighted by Crippen LogP contribution is -2.42. The lowest BCUT2D eigenvalue weighted by molar-refractivity contribution is -0.125. The van der Waals surface area contributed by atoms with E-state index in [1.807, 2.05) is 12.1 Å². The molecule has 2 atom stereocenters. The zero-order valence-corrected chi connectivity index (χ0v) is 13.8. The first-order valence-corrected chi connectivity index (χ1v) is 8.14. The van der Waals surface area contributed by atoms with Gasteiger partial charge in [-0.1, -0.05) is 31.9 Å². The van der Waals surface area contributed by atoms with Crippen molar-refractivity contribution in [2.75, 3.05) is 13.7 Å². The number of hydrogen-bond donors (Lipinski definition) is 1. The Labute approximate surface area is 137 Å². The lowest BCUT2D eigenvalue weighted by atomic mass is 9.86. The molecular weight excluding hydrogens is 294 g/mol. The van der Waals surface area contributed by atoms with Gasteiger partial charge in [-0.25, -0.2) is 4.79 Å². The highest BCUT2D eigenvalue weighted by atomic mass is 16.5. The standard InChI is InChI=1S/C18H25NO4/c1-13-5-3-4-6-16(13)19-17(20)12-23-18(21)15-9-7-14(8-10-15)11-22-2/h7-10,13,16H,3-6,11-12H2,1-2H3,(H,19,20)/t13-,16-/m0/s1. The van der Waals surface area contributed by atoms with Crippen molar-refractivity contribution < 1.29 is 19.1 Å². The Morgan fingerprint density at radius 1 is 1.17 bits per heavy atom. The van der Waals surface area contributed by atoms with Crippen LogP contribution in [-0.4, -0.2) is 31.6 Å². The quantitative estimate of drug-likeness (QED) is 0.819. The zero-order chi connectivity index (χ0) is 16.7. The number of amides is 1. The van der Waals surface area contributed by atoms with E-state index in [2.05, 4.69) is 12.2 Å². The summed E-state index contributed by atoms with van der Waals surface area (Å²) in [7, 11) is 1.62. The third kappa shape index (κ3) is 5.36. The van der Waals surface area contributed by atoms with Crippen molar-refractivity contribution in [3.8, 4) is 0 Å². The van der Waals surface area contributed by atoms with Gasteiger partial charge in [-0.2, -0.15) is 0 Å². The van der Waals surface area contributed by atoms with Crippen LogP contribution in [0.2, 0.25) is 0 Å². The van der Waals surface area contributed by atoms with Crippen LogP contribution in [-0.2, 0) is 20.9 Å². The second-order valence-electron chi connectivity index (χ2n) is 6.14. The molecule has 126 valence electrons. The molecule has 1 fully saturated rings. The van der Waals surface area contributed by atoms with Crippen molar-refractivity contribution in [1.29, 1.82) is 0 Å². The number of nitrogens with one attached hydrogen (secondary N) is 1. The molecule has 2 rings (SSSR count). The van der Waals surface area contributed by atoms with E-state index >= 15 is 0 Å². The van der Waals surface area contributed by atoms with Gasteiger partial charge in [0.25, 0.3) is 5.91 Å². The zero-order valence-electron chi connectivity index (χ0n) is 13.8. The van der Waals surface area contributed by atoms with Crippen LogP contribution in [0.1, 0.15) is 48.5 Å². The number of hydrogen-bond acceptors (Lipinski definition) is 4. The molecular formula is C18H25NO4. The highest BCUT2D eigenvalue weighted by Crippen LogP contribution is 2.23. The summed E-state index contributed by atoms with van der Waals surface area (Å²) in [5, 5.41) is 2.97. The Kier molecular flexibility index (Phi) is 6.59. The van der Waals surface area contributed by atoms with Crippen LogP contribution in [0.25, 0.3) is 0 Å². The number of carbonyl (C=O) groups is 2. The van der Waals surface area contributed by atoms with E-state index < -0.39 is 5.97 Å². The molecule has 0 heterocycles. The van der Waals surface area contributed by atoms with Crippen molar-refractivity contribution >= 4 is 11.9 Å². The minimum absolute atomic E-state index is 0.197. The van der Waals surface area contributed by atoms with Crippen LogP contribution < -0.4 is 5.32 Å². The smallest absolute Gasteiger partial charge is 0.338 e. The number of rotatable bonds is 6. The second-order valence-corrected chi connectivity index (χ2v) is 6.14. The Balaban J connectivity index is 1.77. The van der Waals surface area contributed by atoms with Crippen LogP contribution in [0.5, 0.6) is 0 Å². The molecule has 1 N–H and O–H groups in total. The van der Waals surface area contributed by atoms with Gasteiger partial charge >= 0.3 is 5.97 Å². The summed E-state index contributed by atoms with van der Waals surface area (Å²) in [5.41, 5.74) is 1.41. The first kappa shape index (κ1) is 17.5. The third-order valence-corrected chi connectivity index (χ3v) is 4.29. The van der Waals surface area contributed by atoms with E-state index in [1.165, 1.54) is 6.42 Å². The van der Waals surface area contributed by atoms with Crippen molar-refractivity contribution in [2.24, 2.45) is 5.92 Å². The molecule has 0 unspecified atom stereocenters. The van der Waals surface area contributed by atoms with E-state index in [4.69, 9.17) is 9.47 Å². The number of benzene rings is 1. The number of esters is 1. The van der Waals surface area contributed by atoms with Crippen molar-refractivity contribution in [1.82, 2.24) is 5.32 Å². The van der Waals surface area contributed by atoms with Gasteiger partial charge in [-0.05, 0) is 36.5 Å². The maximum absolute atomic E-state index is 11.9. The minimum atomic E-state index is -0.485. The van der Waals surface area contributed by atoms with Crippen LogP contribution in [0.4, 0.5) is 0 Å². The summed E-state index contributed by atoms with van der Waals surface area (Å²) in [6.07, 6.45) is 4.50. The number of ether oxygens (including phenoxy) is 2. The second kappa shape index (κ2) is 8.67. The molecule has 1 aromatic carbocycles. The van der Waals surface area contributed by atoms with Gasteiger partial charge < -0.3 is 14.8 Å². The lowest BCUT2D eigenvalue weighted by Gasteiger charge is -2.29. The number of methoxy groups -OCH3 is 1. The van der Waals surface area contributed by atoms with Gasteiger partial charge in [0, 0.05) is 13.2 Å². The monoisotopic (exact) mass is 319 g/mol. The fourth-order valence-electron chi connectivity index (χ4n) is 2.90. The third-order valence-electron chi connectivity index (χ3n) is 4.29. The highest BCUT2D eigenvalue weighted by molar-refractivity contribution is 5.91. The topological polar surface area (TPSA) is 64.6 Å². The van der Waals surface area contributed by atoms with Crippen molar-refractivity contribution in [2.45, 2.75) is 45.3 Å². The molecule has 0 radical (unpaired) electrons. The van der Waals surface area contributed by atoms with Gasteiger partial charge in [0.2, 0.25) is 0 Å². The van der Waals surface area contributed by atoms with E-state index in [0.717, 1.165) is 24.8 Å². The van der Waals surface area contributed by atoms with Gasteiger partial charge in [-0.15, -0.1) is 0 Å². The Hall–Kier alpha value is -1.88. The average molecular weight is 319 g/mol. The Bertz CT molecular complexity index is 526. The SMILES string of the molecule is COCc1ccc(C(=O)OCC(=O)N[C@H]2CCCC[C@@H]2C)cc1. The van der Waals surface area contributed by atoms with Crippen LogP contribution in [0.3, 0.4) is 0 Å². The van der Waals surface area contributed by atoms with Crippen molar-refractivity contribution in [3.05, 3.63) is 35.4 Å². The molecule has 1 aliphatic carbocycles. The first-order valence-electron chi connectivity index (χ1n) is 8.14. The fraction of sp³-hybridized carbons (Fsp3) is 0.556.